The van der Waals surface area contributed by atoms with Gasteiger partial charge in [0, 0.05) is 5.69 Å². The number of anilines is 2. The van der Waals surface area contributed by atoms with Crippen LogP contribution in [0.4, 0.5) is 11.4 Å². The highest BCUT2D eigenvalue weighted by molar-refractivity contribution is 7.92. The topological polar surface area (TPSA) is 128 Å². The fourth-order valence-corrected chi connectivity index (χ4v) is 4.38. The molecular formula is C24H21ClN2O7S. The zero-order valence-electron chi connectivity index (χ0n) is 18.9. The van der Waals surface area contributed by atoms with Gasteiger partial charge in [0.2, 0.25) is 0 Å². The fraction of sp³-hybridized carbons (Fsp3) is 0.125. The normalized spacial score (nSPS) is 10.9. The summed E-state index contributed by atoms with van der Waals surface area (Å²) in [5.41, 5.74) is 1.29. The molecule has 35 heavy (non-hydrogen) atoms. The van der Waals surface area contributed by atoms with Gasteiger partial charge < -0.3 is 14.8 Å². The number of carbonyl (C=O) groups is 3. The van der Waals surface area contributed by atoms with E-state index >= 15 is 0 Å². The van der Waals surface area contributed by atoms with Gasteiger partial charge in [0.05, 0.1) is 46.5 Å². The highest BCUT2D eigenvalue weighted by atomic mass is 35.5. The summed E-state index contributed by atoms with van der Waals surface area (Å²) in [5.74, 6) is -2.08. The van der Waals surface area contributed by atoms with Crippen molar-refractivity contribution in [2.45, 2.75) is 11.8 Å². The Morgan fingerprint density at radius 1 is 0.800 bits per heavy atom. The second kappa shape index (κ2) is 10.6. The summed E-state index contributed by atoms with van der Waals surface area (Å²) in [6.45, 7) is 1.84. The average Bonchev–Trinajstić information content (AvgIpc) is 2.82. The van der Waals surface area contributed by atoms with E-state index in [0.717, 1.165) is 5.56 Å². The molecule has 0 saturated carbocycles. The van der Waals surface area contributed by atoms with Crippen LogP contribution in [0, 0.1) is 6.92 Å². The van der Waals surface area contributed by atoms with Crippen molar-refractivity contribution in [1.82, 2.24) is 0 Å². The number of hydrogen-bond donors (Lipinski definition) is 2. The smallest absolute Gasteiger partial charge is 0.337 e. The lowest BCUT2D eigenvalue weighted by Crippen LogP contribution is -2.16. The van der Waals surface area contributed by atoms with Gasteiger partial charge in [-0.25, -0.2) is 18.0 Å². The summed E-state index contributed by atoms with van der Waals surface area (Å²) in [7, 11) is -1.50. The van der Waals surface area contributed by atoms with Crippen LogP contribution in [0.5, 0.6) is 0 Å². The summed E-state index contributed by atoms with van der Waals surface area (Å²) in [5, 5.41) is 2.53. The van der Waals surface area contributed by atoms with E-state index in [0.29, 0.717) is 0 Å². The average molecular weight is 517 g/mol. The van der Waals surface area contributed by atoms with E-state index in [2.05, 4.69) is 19.5 Å². The molecule has 0 atom stereocenters. The predicted molar refractivity (Wildman–Crippen MR) is 131 cm³/mol. The largest absolute Gasteiger partial charge is 0.465 e. The van der Waals surface area contributed by atoms with Crippen LogP contribution < -0.4 is 10.0 Å². The zero-order valence-corrected chi connectivity index (χ0v) is 20.5. The third kappa shape index (κ3) is 6.17. The number of halogens is 1. The van der Waals surface area contributed by atoms with Crippen molar-refractivity contribution in [3.63, 3.8) is 0 Å². The van der Waals surface area contributed by atoms with Crippen LogP contribution >= 0.6 is 11.6 Å². The highest BCUT2D eigenvalue weighted by Gasteiger charge is 2.18. The van der Waals surface area contributed by atoms with E-state index in [-0.39, 0.29) is 38.0 Å². The number of amides is 1. The SMILES string of the molecule is COC(=O)c1cc(NC(=O)c2ccc(NS(=O)(=O)c3ccc(C)cc3)cc2Cl)cc(C(=O)OC)c1. The van der Waals surface area contributed by atoms with Crippen molar-refractivity contribution in [3.05, 3.63) is 87.9 Å². The molecule has 3 rings (SSSR count). The number of aryl methyl sites for hydroxylation is 1. The Labute approximate surface area is 207 Å². The third-order valence-electron chi connectivity index (χ3n) is 4.83. The van der Waals surface area contributed by atoms with Crippen molar-refractivity contribution in [2.24, 2.45) is 0 Å². The first-order chi connectivity index (χ1) is 16.5. The van der Waals surface area contributed by atoms with Gasteiger partial charge in [-0.1, -0.05) is 29.3 Å². The van der Waals surface area contributed by atoms with Gasteiger partial charge in [0.1, 0.15) is 0 Å². The highest BCUT2D eigenvalue weighted by Crippen LogP contribution is 2.25. The lowest BCUT2D eigenvalue weighted by atomic mass is 10.1. The molecule has 0 aromatic heterocycles. The number of sulfonamides is 1. The number of esters is 2. The second-order valence-electron chi connectivity index (χ2n) is 7.35. The Kier molecular flexibility index (Phi) is 7.78. The Bertz CT molecular complexity index is 1370. The first-order valence-electron chi connectivity index (χ1n) is 10.1. The molecule has 182 valence electrons. The van der Waals surface area contributed by atoms with Crippen molar-refractivity contribution in [3.8, 4) is 0 Å². The molecule has 0 saturated heterocycles. The van der Waals surface area contributed by atoms with Crippen LogP contribution in [-0.2, 0) is 19.5 Å². The van der Waals surface area contributed by atoms with Crippen molar-refractivity contribution in [1.29, 1.82) is 0 Å². The Balaban J connectivity index is 1.84. The van der Waals surface area contributed by atoms with Gasteiger partial charge in [-0.3, -0.25) is 9.52 Å². The minimum absolute atomic E-state index is 0.0241. The molecule has 0 aliphatic carbocycles. The molecule has 0 aliphatic heterocycles. The zero-order chi connectivity index (χ0) is 25.8. The van der Waals surface area contributed by atoms with Crippen LogP contribution in [0.2, 0.25) is 5.02 Å². The molecular weight excluding hydrogens is 496 g/mol. The molecule has 0 unspecified atom stereocenters. The molecule has 3 aromatic carbocycles. The van der Waals surface area contributed by atoms with E-state index in [1.165, 1.54) is 62.8 Å². The van der Waals surface area contributed by atoms with E-state index in [1.807, 2.05) is 6.92 Å². The van der Waals surface area contributed by atoms with E-state index in [4.69, 9.17) is 11.6 Å². The molecule has 0 aliphatic rings. The summed E-state index contributed by atoms with van der Waals surface area (Å²) >= 11 is 6.25. The van der Waals surface area contributed by atoms with Gasteiger partial charge >= 0.3 is 11.9 Å². The molecule has 0 heterocycles. The maximum Gasteiger partial charge on any atom is 0.337 e. The van der Waals surface area contributed by atoms with Crippen LogP contribution in [0.3, 0.4) is 0 Å². The molecule has 11 heteroatoms. The molecule has 2 N–H and O–H groups in total. The van der Waals surface area contributed by atoms with Gasteiger partial charge in [-0.15, -0.1) is 0 Å². The number of methoxy groups -OCH3 is 2. The Morgan fingerprint density at radius 3 is 1.89 bits per heavy atom. The Hall–Kier alpha value is -3.89. The lowest BCUT2D eigenvalue weighted by molar-refractivity contribution is 0.0598. The number of rotatable bonds is 7. The first kappa shape index (κ1) is 25.7. The number of carbonyl (C=O) groups excluding carboxylic acids is 3. The third-order valence-corrected chi connectivity index (χ3v) is 6.54. The van der Waals surface area contributed by atoms with Crippen molar-refractivity contribution >= 4 is 50.8 Å². The molecule has 1 amide bonds. The van der Waals surface area contributed by atoms with Gasteiger partial charge in [0.25, 0.3) is 15.9 Å². The quantitative estimate of drug-likeness (QED) is 0.449. The summed E-state index contributed by atoms with van der Waals surface area (Å²) in [6, 6.07) is 14.3. The van der Waals surface area contributed by atoms with Crippen LogP contribution in [-0.4, -0.2) is 40.5 Å². The molecule has 9 nitrogen and oxygen atoms in total. The maximum atomic E-state index is 12.8. The molecule has 0 spiro atoms. The predicted octanol–water partition coefficient (Wildman–Crippen LogP) is 4.27. The minimum Gasteiger partial charge on any atom is -0.465 e. The summed E-state index contributed by atoms with van der Waals surface area (Å²) < 4.78 is 37.0. The molecule has 3 aromatic rings. The molecule has 0 bridgehead atoms. The van der Waals surface area contributed by atoms with Gasteiger partial charge in [-0.05, 0) is 55.5 Å². The first-order valence-corrected chi connectivity index (χ1v) is 11.9. The van der Waals surface area contributed by atoms with Crippen LogP contribution in [0.25, 0.3) is 0 Å². The molecule has 0 radical (unpaired) electrons. The number of nitrogens with one attached hydrogen (secondary N) is 2. The standard InChI is InChI=1S/C24H21ClN2O7S/c1-14-4-7-19(8-5-14)35(31,32)27-17-6-9-20(21(25)13-17)22(28)26-18-11-15(23(29)33-2)10-16(12-18)24(30)34-3/h4-13,27H,1-3H3,(H,26,28). The maximum absolute atomic E-state index is 12.8. The number of hydrogen-bond acceptors (Lipinski definition) is 7. The second-order valence-corrected chi connectivity index (χ2v) is 9.44. The van der Waals surface area contributed by atoms with Crippen LogP contribution in [0.15, 0.2) is 65.6 Å². The van der Waals surface area contributed by atoms with Crippen LogP contribution in [0.1, 0.15) is 36.6 Å². The van der Waals surface area contributed by atoms with E-state index < -0.39 is 27.9 Å². The van der Waals surface area contributed by atoms with Gasteiger partial charge in [0.15, 0.2) is 0 Å². The summed E-state index contributed by atoms with van der Waals surface area (Å²) in [6.07, 6.45) is 0. The summed E-state index contributed by atoms with van der Waals surface area (Å²) in [4.78, 5) is 36.8. The Morgan fingerprint density at radius 2 is 1.37 bits per heavy atom. The number of benzene rings is 3. The monoisotopic (exact) mass is 516 g/mol. The van der Waals surface area contributed by atoms with Crippen molar-refractivity contribution in [2.75, 3.05) is 24.3 Å². The number of ether oxygens (including phenoxy) is 2. The lowest BCUT2D eigenvalue weighted by Gasteiger charge is -2.12. The van der Waals surface area contributed by atoms with E-state index in [9.17, 15) is 22.8 Å². The fourth-order valence-electron chi connectivity index (χ4n) is 3.06. The molecule has 0 fully saturated rings. The van der Waals surface area contributed by atoms with Crippen molar-refractivity contribution < 1.29 is 32.3 Å². The van der Waals surface area contributed by atoms with Gasteiger partial charge in [-0.2, -0.15) is 0 Å². The minimum atomic E-state index is -3.86. The van der Waals surface area contributed by atoms with E-state index in [1.54, 1.807) is 12.1 Å².